The second kappa shape index (κ2) is 5.54. The van der Waals surface area contributed by atoms with Gasteiger partial charge < -0.3 is 10.3 Å². The van der Waals surface area contributed by atoms with Gasteiger partial charge in [0.25, 0.3) is 0 Å². The van der Waals surface area contributed by atoms with Crippen molar-refractivity contribution in [2.24, 2.45) is 0 Å². The van der Waals surface area contributed by atoms with E-state index < -0.39 is 0 Å². The number of fused-ring (bicyclic) bond motifs is 1. The summed E-state index contributed by atoms with van der Waals surface area (Å²) in [4.78, 5) is 15.4. The largest absolute Gasteiger partial charge is 0.368 e. The molecule has 1 aromatic carbocycles. The molecule has 7 heteroatoms. The smallest absolute Gasteiger partial charge is 0.158 e. The van der Waals surface area contributed by atoms with Gasteiger partial charge in [-0.05, 0) is 18.2 Å². The van der Waals surface area contributed by atoms with E-state index >= 15 is 0 Å². The van der Waals surface area contributed by atoms with Crippen molar-refractivity contribution in [2.75, 3.05) is 11.9 Å². The van der Waals surface area contributed by atoms with Crippen LogP contribution in [0.1, 0.15) is 11.5 Å². The predicted molar refractivity (Wildman–Crippen MR) is 75.0 cm³/mol. The van der Waals surface area contributed by atoms with Gasteiger partial charge in [-0.15, -0.1) is 0 Å². The maximum absolute atomic E-state index is 13.1. The fraction of sp³-hybridized carbons (Fsp3) is 0.143. The van der Waals surface area contributed by atoms with Crippen LogP contribution in [-0.2, 0) is 6.42 Å². The van der Waals surface area contributed by atoms with Gasteiger partial charge in [-0.2, -0.15) is 5.26 Å². The minimum atomic E-state index is -0.288. The number of hydrogen-bond acceptors (Lipinski definition) is 5. The summed E-state index contributed by atoms with van der Waals surface area (Å²) in [5.41, 5.74) is 1.70. The average molecular weight is 282 g/mol. The molecule has 0 aliphatic heterocycles. The van der Waals surface area contributed by atoms with Crippen LogP contribution < -0.4 is 5.32 Å². The van der Waals surface area contributed by atoms with E-state index in [0.29, 0.717) is 24.3 Å². The molecule has 0 spiro atoms. The molecule has 0 atom stereocenters. The Bertz CT molecular complexity index is 802. The van der Waals surface area contributed by atoms with Crippen molar-refractivity contribution in [2.45, 2.75) is 6.42 Å². The molecule has 2 N–H and O–H groups in total. The number of halogens is 1. The Morgan fingerprint density at radius 1 is 1.29 bits per heavy atom. The van der Waals surface area contributed by atoms with Crippen LogP contribution in [0.4, 0.5) is 10.2 Å². The standard InChI is InChI=1S/C14H11FN6/c15-9-1-2-11-12(5-9)21-13(20-11)3-4-17-14-8-18-10(6-16)7-19-14/h1-2,5,7-8H,3-4H2,(H,17,19)(H,20,21). The summed E-state index contributed by atoms with van der Waals surface area (Å²) in [6.45, 7) is 0.600. The second-order valence-corrected chi connectivity index (χ2v) is 4.42. The van der Waals surface area contributed by atoms with Crippen LogP contribution >= 0.6 is 0 Å². The van der Waals surface area contributed by atoms with Gasteiger partial charge in [0.1, 0.15) is 23.5 Å². The number of nitrogens with zero attached hydrogens (tertiary/aromatic N) is 4. The molecule has 2 aromatic heterocycles. The first kappa shape index (κ1) is 13.0. The Kier molecular flexibility index (Phi) is 3.43. The summed E-state index contributed by atoms with van der Waals surface area (Å²) in [6, 6.07) is 6.36. The van der Waals surface area contributed by atoms with E-state index in [0.717, 1.165) is 11.3 Å². The van der Waals surface area contributed by atoms with Crippen molar-refractivity contribution in [1.82, 2.24) is 19.9 Å². The highest BCUT2D eigenvalue weighted by Gasteiger charge is 2.04. The summed E-state index contributed by atoms with van der Waals surface area (Å²) in [6.07, 6.45) is 3.55. The normalized spacial score (nSPS) is 10.5. The first-order valence-corrected chi connectivity index (χ1v) is 6.35. The lowest BCUT2D eigenvalue weighted by atomic mass is 10.3. The molecule has 6 nitrogen and oxygen atoms in total. The molecule has 0 aliphatic carbocycles. The number of rotatable bonds is 4. The lowest BCUT2D eigenvalue weighted by molar-refractivity contribution is 0.629. The number of nitrogens with one attached hydrogen (secondary N) is 2. The lowest BCUT2D eigenvalue weighted by Gasteiger charge is -2.02. The average Bonchev–Trinajstić information content (AvgIpc) is 2.89. The number of imidazole rings is 1. The summed E-state index contributed by atoms with van der Waals surface area (Å²) in [5.74, 6) is 1.07. The Labute approximate surface area is 119 Å². The van der Waals surface area contributed by atoms with Crippen molar-refractivity contribution >= 4 is 16.9 Å². The molecular formula is C14H11FN6. The van der Waals surface area contributed by atoms with Gasteiger partial charge in [-0.1, -0.05) is 0 Å². The number of nitriles is 1. The van der Waals surface area contributed by atoms with E-state index in [1.807, 2.05) is 6.07 Å². The highest BCUT2D eigenvalue weighted by Crippen LogP contribution is 2.13. The van der Waals surface area contributed by atoms with E-state index in [2.05, 4.69) is 25.3 Å². The first-order valence-electron chi connectivity index (χ1n) is 6.35. The van der Waals surface area contributed by atoms with E-state index in [1.54, 1.807) is 6.07 Å². The monoisotopic (exact) mass is 282 g/mol. The van der Waals surface area contributed by atoms with Gasteiger partial charge >= 0.3 is 0 Å². The fourth-order valence-electron chi connectivity index (χ4n) is 1.94. The van der Waals surface area contributed by atoms with Crippen LogP contribution in [0.2, 0.25) is 0 Å². The molecule has 3 rings (SSSR count). The van der Waals surface area contributed by atoms with Crippen LogP contribution in [-0.4, -0.2) is 26.5 Å². The van der Waals surface area contributed by atoms with Crippen molar-refractivity contribution < 1.29 is 4.39 Å². The van der Waals surface area contributed by atoms with Gasteiger partial charge in [0.2, 0.25) is 0 Å². The number of hydrogen-bond donors (Lipinski definition) is 2. The van der Waals surface area contributed by atoms with Crippen LogP contribution in [0.5, 0.6) is 0 Å². The molecule has 0 unspecified atom stereocenters. The van der Waals surface area contributed by atoms with Crippen LogP contribution in [0, 0.1) is 17.1 Å². The van der Waals surface area contributed by atoms with Gasteiger partial charge in [0, 0.05) is 13.0 Å². The molecule has 0 fully saturated rings. The molecule has 0 radical (unpaired) electrons. The zero-order valence-corrected chi connectivity index (χ0v) is 11.0. The molecule has 104 valence electrons. The number of aromatic nitrogens is 4. The highest BCUT2D eigenvalue weighted by atomic mass is 19.1. The number of anilines is 1. The third-order valence-corrected chi connectivity index (χ3v) is 2.93. The van der Waals surface area contributed by atoms with Gasteiger partial charge in [0.15, 0.2) is 5.69 Å². The maximum atomic E-state index is 13.1. The SMILES string of the molecule is N#Cc1cnc(NCCc2nc3ccc(F)cc3[nH]2)cn1. The molecule has 21 heavy (non-hydrogen) atoms. The summed E-state index contributed by atoms with van der Waals surface area (Å²) < 4.78 is 13.1. The third kappa shape index (κ3) is 2.95. The van der Waals surface area contributed by atoms with E-state index in [-0.39, 0.29) is 11.5 Å². The number of benzene rings is 1. The highest BCUT2D eigenvalue weighted by molar-refractivity contribution is 5.74. The Balaban J connectivity index is 1.62. The fourth-order valence-corrected chi connectivity index (χ4v) is 1.94. The Hall–Kier alpha value is -3.01. The van der Waals surface area contributed by atoms with E-state index in [4.69, 9.17) is 5.26 Å². The van der Waals surface area contributed by atoms with Crippen LogP contribution in [0.15, 0.2) is 30.6 Å². The minimum absolute atomic E-state index is 0.278. The molecule has 0 saturated carbocycles. The summed E-state index contributed by atoms with van der Waals surface area (Å²) in [7, 11) is 0. The maximum Gasteiger partial charge on any atom is 0.158 e. The lowest BCUT2D eigenvalue weighted by Crippen LogP contribution is -2.07. The van der Waals surface area contributed by atoms with Gasteiger partial charge in [0.05, 0.1) is 23.4 Å². The zero-order valence-electron chi connectivity index (χ0n) is 11.0. The van der Waals surface area contributed by atoms with Gasteiger partial charge in [-0.3, -0.25) is 0 Å². The number of aromatic amines is 1. The van der Waals surface area contributed by atoms with E-state index in [9.17, 15) is 4.39 Å². The topological polar surface area (TPSA) is 90.3 Å². The van der Waals surface area contributed by atoms with Crippen molar-refractivity contribution in [3.8, 4) is 6.07 Å². The van der Waals surface area contributed by atoms with Crippen LogP contribution in [0.3, 0.4) is 0 Å². The second-order valence-electron chi connectivity index (χ2n) is 4.42. The molecule has 2 heterocycles. The molecule has 3 aromatic rings. The molecular weight excluding hydrogens is 271 g/mol. The van der Waals surface area contributed by atoms with Crippen molar-refractivity contribution in [3.05, 3.63) is 47.9 Å². The van der Waals surface area contributed by atoms with Crippen molar-refractivity contribution in [1.29, 1.82) is 5.26 Å². The Morgan fingerprint density at radius 3 is 2.95 bits per heavy atom. The summed E-state index contributed by atoms with van der Waals surface area (Å²) >= 11 is 0. The van der Waals surface area contributed by atoms with Crippen molar-refractivity contribution in [3.63, 3.8) is 0 Å². The first-order chi connectivity index (χ1) is 10.2. The minimum Gasteiger partial charge on any atom is -0.368 e. The third-order valence-electron chi connectivity index (χ3n) is 2.93. The molecule has 0 saturated heterocycles. The zero-order chi connectivity index (χ0) is 14.7. The Morgan fingerprint density at radius 2 is 2.19 bits per heavy atom. The number of H-pyrrole nitrogens is 1. The molecule has 0 aliphatic rings. The molecule has 0 bridgehead atoms. The molecule has 0 amide bonds. The predicted octanol–water partition coefficient (Wildman–Crippen LogP) is 2.02. The van der Waals surface area contributed by atoms with Crippen LogP contribution in [0.25, 0.3) is 11.0 Å². The van der Waals surface area contributed by atoms with Gasteiger partial charge in [-0.25, -0.2) is 19.3 Å². The van der Waals surface area contributed by atoms with E-state index in [1.165, 1.54) is 24.5 Å². The summed E-state index contributed by atoms with van der Waals surface area (Å²) in [5, 5.41) is 11.7. The quantitative estimate of drug-likeness (QED) is 0.764.